The fourth-order valence-electron chi connectivity index (χ4n) is 1.53. The molecule has 3 unspecified atom stereocenters. The molecule has 0 aromatic heterocycles. The van der Waals surface area contributed by atoms with E-state index < -0.39 is 0 Å². The first-order valence-corrected chi connectivity index (χ1v) is 4.65. The SMILES string of the molecule is C#CC(C)NC(=O)C1NCCC1C. The van der Waals surface area contributed by atoms with Gasteiger partial charge in [0, 0.05) is 0 Å². The summed E-state index contributed by atoms with van der Waals surface area (Å²) >= 11 is 0. The minimum Gasteiger partial charge on any atom is -0.341 e. The van der Waals surface area contributed by atoms with E-state index >= 15 is 0 Å². The summed E-state index contributed by atoms with van der Waals surface area (Å²) in [4.78, 5) is 11.6. The normalized spacial score (nSPS) is 29.3. The Bertz CT molecular complexity index is 232. The average molecular weight is 180 g/mol. The second kappa shape index (κ2) is 4.29. The molecule has 1 rings (SSSR count). The number of terminal acetylenes is 1. The van der Waals surface area contributed by atoms with Gasteiger partial charge in [0.2, 0.25) is 5.91 Å². The Kier molecular flexibility index (Phi) is 3.32. The topological polar surface area (TPSA) is 41.1 Å². The highest BCUT2D eigenvalue weighted by Gasteiger charge is 2.29. The molecule has 0 spiro atoms. The Hall–Kier alpha value is -1.01. The van der Waals surface area contributed by atoms with E-state index in [2.05, 4.69) is 23.5 Å². The Morgan fingerprint density at radius 1 is 1.77 bits per heavy atom. The summed E-state index contributed by atoms with van der Waals surface area (Å²) < 4.78 is 0. The predicted molar refractivity (Wildman–Crippen MR) is 52.0 cm³/mol. The summed E-state index contributed by atoms with van der Waals surface area (Å²) in [6.45, 7) is 4.80. The fourth-order valence-corrected chi connectivity index (χ4v) is 1.53. The maximum absolute atomic E-state index is 11.6. The highest BCUT2D eigenvalue weighted by atomic mass is 16.2. The van der Waals surface area contributed by atoms with Crippen LogP contribution in [0.15, 0.2) is 0 Å². The van der Waals surface area contributed by atoms with Crippen LogP contribution in [0.25, 0.3) is 0 Å². The van der Waals surface area contributed by atoms with Gasteiger partial charge in [0.1, 0.15) is 0 Å². The fraction of sp³-hybridized carbons (Fsp3) is 0.700. The molecule has 3 nitrogen and oxygen atoms in total. The van der Waals surface area contributed by atoms with Crippen LogP contribution in [0.2, 0.25) is 0 Å². The van der Waals surface area contributed by atoms with Crippen LogP contribution in [0.1, 0.15) is 20.3 Å². The van der Waals surface area contributed by atoms with Gasteiger partial charge >= 0.3 is 0 Å². The van der Waals surface area contributed by atoms with Crippen LogP contribution in [0.5, 0.6) is 0 Å². The average Bonchev–Trinajstić information content (AvgIpc) is 2.51. The lowest BCUT2D eigenvalue weighted by molar-refractivity contribution is -0.123. The number of carbonyl (C=O) groups is 1. The van der Waals surface area contributed by atoms with E-state index in [9.17, 15) is 4.79 Å². The molecule has 0 aromatic rings. The Balaban J connectivity index is 2.44. The smallest absolute Gasteiger partial charge is 0.238 e. The van der Waals surface area contributed by atoms with Crippen molar-refractivity contribution < 1.29 is 4.79 Å². The summed E-state index contributed by atoms with van der Waals surface area (Å²) in [5, 5.41) is 5.92. The molecule has 1 fully saturated rings. The van der Waals surface area contributed by atoms with Gasteiger partial charge < -0.3 is 10.6 Å². The molecule has 3 atom stereocenters. The highest BCUT2D eigenvalue weighted by Crippen LogP contribution is 2.14. The van der Waals surface area contributed by atoms with Crippen molar-refractivity contribution >= 4 is 5.91 Å². The molecule has 0 aromatic carbocycles. The lowest BCUT2D eigenvalue weighted by atomic mass is 10.0. The first kappa shape index (κ1) is 10.1. The quantitative estimate of drug-likeness (QED) is 0.593. The molecular formula is C10H16N2O. The standard InChI is InChI=1S/C10H16N2O/c1-4-8(3)12-10(13)9-7(2)5-6-11-9/h1,7-9,11H,5-6H2,2-3H3,(H,12,13). The van der Waals surface area contributed by atoms with Gasteiger partial charge in [-0.15, -0.1) is 6.42 Å². The molecule has 2 N–H and O–H groups in total. The predicted octanol–water partition coefficient (Wildman–Crippen LogP) is 0.122. The molecule has 0 bridgehead atoms. The molecule has 1 saturated heterocycles. The number of amides is 1. The van der Waals surface area contributed by atoms with Crippen molar-refractivity contribution in [2.45, 2.75) is 32.4 Å². The van der Waals surface area contributed by atoms with Crippen molar-refractivity contribution in [3.8, 4) is 12.3 Å². The molecule has 0 radical (unpaired) electrons. The van der Waals surface area contributed by atoms with Crippen LogP contribution in [-0.2, 0) is 4.79 Å². The van der Waals surface area contributed by atoms with Crippen molar-refractivity contribution in [1.82, 2.24) is 10.6 Å². The van der Waals surface area contributed by atoms with Gasteiger partial charge in [0.15, 0.2) is 0 Å². The van der Waals surface area contributed by atoms with Crippen LogP contribution in [0.3, 0.4) is 0 Å². The first-order chi connectivity index (χ1) is 6.15. The molecule has 1 aliphatic rings. The number of hydrogen-bond acceptors (Lipinski definition) is 2. The van der Waals surface area contributed by atoms with Gasteiger partial charge in [-0.1, -0.05) is 12.8 Å². The number of nitrogens with one attached hydrogen (secondary N) is 2. The Morgan fingerprint density at radius 3 is 2.92 bits per heavy atom. The van der Waals surface area contributed by atoms with Crippen LogP contribution < -0.4 is 10.6 Å². The van der Waals surface area contributed by atoms with Gasteiger partial charge in [0.05, 0.1) is 12.1 Å². The molecular weight excluding hydrogens is 164 g/mol. The number of hydrogen-bond donors (Lipinski definition) is 2. The largest absolute Gasteiger partial charge is 0.341 e. The summed E-state index contributed by atoms with van der Waals surface area (Å²) in [7, 11) is 0. The van der Waals surface area contributed by atoms with Gasteiger partial charge in [0.25, 0.3) is 0 Å². The van der Waals surface area contributed by atoms with Crippen molar-refractivity contribution in [3.63, 3.8) is 0 Å². The Labute approximate surface area is 79.3 Å². The van der Waals surface area contributed by atoms with E-state index in [4.69, 9.17) is 6.42 Å². The lowest BCUT2D eigenvalue weighted by Gasteiger charge is -2.16. The zero-order chi connectivity index (χ0) is 9.84. The van der Waals surface area contributed by atoms with Crippen LogP contribution in [-0.4, -0.2) is 24.5 Å². The number of rotatable bonds is 2. The Morgan fingerprint density at radius 2 is 2.46 bits per heavy atom. The van der Waals surface area contributed by atoms with Gasteiger partial charge in [-0.25, -0.2) is 0 Å². The summed E-state index contributed by atoms with van der Waals surface area (Å²) in [5.74, 6) is 2.91. The summed E-state index contributed by atoms with van der Waals surface area (Å²) in [6.07, 6.45) is 6.23. The van der Waals surface area contributed by atoms with E-state index in [0.717, 1.165) is 13.0 Å². The molecule has 72 valence electrons. The highest BCUT2D eigenvalue weighted by molar-refractivity contribution is 5.82. The van der Waals surface area contributed by atoms with E-state index in [1.54, 1.807) is 6.92 Å². The monoisotopic (exact) mass is 180 g/mol. The van der Waals surface area contributed by atoms with Crippen molar-refractivity contribution in [2.24, 2.45) is 5.92 Å². The van der Waals surface area contributed by atoms with E-state index in [-0.39, 0.29) is 18.0 Å². The molecule has 0 saturated carbocycles. The second-order valence-corrected chi connectivity index (χ2v) is 3.59. The summed E-state index contributed by atoms with van der Waals surface area (Å²) in [6, 6.07) is -0.238. The van der Waals surface area contributed by atoms with Gasteiger partial charge in [-0.2, -0.15) is 0 Å². The molecule has 1 heterocycles. The zero-order valence-corrected chi connectivity index (χ0v) is 8.13. The maximum atomic E-state index is 11.6. The second-order valence-electron chi connectivity index (χ2n) is 3.59. The summed E-state index contributed by atoms with van der Waals surface area (Å²) in [5.41, 5.74) is 0. The molecule has 0 aliphatic carbocycles. The van der Waals surface area contributed by atoms with Crippen LogP contribution >= 0.6 is 0 Å². The van der Waals surface area contributed by atoms with E-state index in [1.165, 1.54) is 0 Å². The van der Waals surface area contributed by atoms with Crippen molar-refractivity contribution in [1.29, 1.82) is 0 Å². The van der Waals surface area contributed by atoms with Crippen LogP contribution in [0, 0.1) is 18.3 Å². The van der Waals surface area contributed by atoms with Crippen molar-refractivity contribution in [2.75, 3.05) is 6.54 Å². The third kappa shape index (κ3) is 2.46. The third-order valence-corrected chi connectivity index (χ3v) is 2.42. The molecule has 1 amide bonds. The van der Waals surface area contributed by atoms with Gasteiger partial charge in [-0.3, -0.25) is 4.79 Å². The lowest BCUT2D eigenvalue weighted by Crippen LogP contribution is -2.46. The minimum atomic E-state index is -0.179. The first-order valence-electron chi connectivity index (χ1n) is 4.65. The molecule has 13 heavy (non-hydrogen) atoms. The van der Waals surface area contributed by atoms with Gasteiger partial charge in [-0.05, 0) is 25.8 Å². The third-order valence-electron chi connectivity index (χ3n) is 2.42. The van der Waals surface area contributed by atoms with E-state index in [0.29, 0.717) is 5.92 Å². The van der Waals surface area contributed by atoms with Crippen molar-refractivity contribution in [3.05, 3.63) is 0 Å². The number of carbonyl (C=O) groups excluding carboxylic acids is 1. The maximum Gasteiger partial charge on any atom is 0.238 e. The van der Waals surface area contributed by atoms with E-state index in [1.807, 2.05) is 0 Å². The van der Waals surface area contributed by atoms with Crippen LogP contribution in [0.4, 0.5) is 0 Å². The minimum absolute atomic E-state index is 0.0236. The molecule has 1 aliphatic heterocycles. The molecule has 3 heteroatoms. The zero-order valence-electron chi connectivity index (χ0n) is 8.13.